The molecule has 2 aromatic heterocycles. The van der Waals surface area contributed by atoms with Crippen LogP contribution in [0.25, 0.3) is 22.3 Å². The van der Waals surface area contributed by atoms with Gasteiger partial charge in [-0.15, -0.1) is 0 Å². The lowest BCUT2D eigenvalue weighted by molar-refractivity contribution is 0.991. The van der Waals surface area contributed by atoms with Gasteiger partial charge in [-0.3, -0.25) is 4.98 Å². The van der Waals surface area contributed by atoms with Crippen LogP contribution in [-0.2, 0) is 6.42 Å². The third-order valence-corrected chi connectivity index (χ3v) is 5.20. The van der Waals surface area contributed by atoms with Gasteiger partial charge < -0.3 is 0 Å². The number of nitrogens with zero attached hydrogens (tertiary/aromatic N) is 3. The highest BCUT2D eigenvalue weighted by Gasteiger charge is 2.14. The predicted molar refractivity (Wildman–Crippen MR) is 92.6 cm³/mol. The minimum atomic E-state index is 0.420. The van der Waals surface area contributed by atoms with Crippen LogP contribution in [-0.4, -0.2) is 15.0 Å². The molecule has 0 aliphatic carbocycles. The molecule has 0 N–H and O–H groups in total. The fourth-order valence-electron chi connectivity index (χ4n) is 2.14. The zero-order chi connectivity index (χ0) is 15.0. The summed E-state index contributed by atoms with van der Waals surface area (Å²) in [6.45, 7) is 2.03. The minimum absolute atomic E-state index is 0.420. The van der Waals surface area contributed by atoms with Crippen LogP contribution in [0.15, 0.2) is 39.4 Å². The minimum Gasteiger partial charge on any atom is -0.255 e. The average molecular weight is 428 g/mol. The van der Waals surface area contributed by atoms with Gasteiger partial charge in [0.25, 0.3) is 0 Å². The van der Waals surface area contributed by atoms with E-state index >= 15 is 0 Å². The van der Waals surface area contributed by atoms with Gasteiger partial charge in [-0.1, -0.05) is 40.5 Å². The molecular formula is C15H10Br2ClN3. The van der Waals surface area contributed by atoms with E-state index in [1.54, 1.807) is 6.20 Å². The summed E-state index contributed by atoms with van der Waals surface area (Å²) >= 11 is 13.2. The summed E-state index contributed by atoms with van der Waals surface area (Å²) in [6.07, 6.45) is 2.54. The molecule has 106 valence electrons. The number of hydrogen-bond donors (Lipinski definition) is 0. The van der Waals surface area contributed by atoms with Crippen molar-refractivity contribution < 1.29 is 0 Å². The van der Waals surface area contributed by atoms with Crippen LogP contribution in [0.1, 0.15) is 12.6 Å². The molecule has 0 unspecified atom stereocenters. The first-order valence-corrected chi connectivity index (χ1v) is 8.33. The number of aromatic nitrogens is 3. The van der Waals surface area contributed by atoms with Crippen LogP contribution < -0.4 is 0 Å². The van der Waals surface area contributed by atoms with Crippen LogP contribution in [0.3, 0.4) is 0 Å². The first-order chi connectivity index (χ1) is 10.1. The van der Waals surface area contributed by atoms with Gasteiger partial charge in [-0.2, -0.15) is 0 Å². The molecule has 3 rings (SSSR count). The van der Waals surface area contributed by atoms with Gasteiger partial charge >= 0.3 is 0 Å². The molecule has 0 bridgehead atoms. The Balaban J connectivity index is 2.31. The van der Waals surface area contributed by atoms with E-state index in [0.29, 0.717) is 11.0 Å². The highest BCUT2D eigenvalue weighted by Crippen LogP contribution is 2.32. The third kappa shape index (κ3) is 2.70. The molecule has 0 spiro atoms. The first-order valence-electron chi connectivity index (χ1n) is 6.37. The van der Waals surface area contributed by atoms with E-state index in [2.05, 4.69) is 46.8 Å². The molecule has 0 saturated carbocycles. The van der Waals surface area contributed by atoms with Gasteiger partial charge in [-0.05, 0) is 40.5 Å². The van der Waals surface area contributed by atoms with Crippen molar-refractivity contribution in [1.82, 2.24) is 15.0 Å². The molecule has 0 radical (unpaired) electrons. The largest absolute Gasteiger partial charge is 0.255 e. The fourth-order valence-corrected chi connectivity index (χ4v) is 3.23. The molecular weight excluding hydrogens is 417 g/mol. The maximum Gasteiger partial charge on any atom is 0.163 e. The Hall–Kier alpha value is -1.04. The van der Waals surface area contributed by atoms with Gasteiger partial charge in [0.1, 0.15) is 5.15 Å². The number of halogens is 3. The highest BCUT2D eigenvalue weighted by atomic mass is 79.9. The molecule has 0 atom stereocenters. The normalized spacial score (nSPS) is 11.0. The van der Waals surface area contributed by atoms with E-state index in [0.717, 1.165) is 37.5 Å². The molecule has 0 amide bonds. The molecule has 0 aliphatic heterocycles. The molecule has 0 fully saturated rings. The number of hydrogen-bond acceptors (Lipinski definition) is 3. The molecule has 0 saturated heterocycles. The number of fused-ring (bicyclic) bond motifs is 1. The van der Waals surface area contributed by atoms with Crippen molar-refractivity contribution in [3.63, 3.8) is 0 Å². The fraction of sp³-hybridized carbons (Fsp3) is 0.133. The number of rotatable bonds is 2. The lowest BCUT2D eigenvalue weighted by atomic mass is 10.1. The summed E-state index contributed by atoms with van der Waals surface area (Å²) < 4.78 is 1.75. The first kappa shape index (κ1) is 14.9. The van der Waals surface area contributed by atoms with Crippen molar-refractivity contribution in [2.75, 3.05) is 0 Å². The van der Waals surface area contributed by atoms with E-state index in [9.17, 15) is 0 Å². The Morgan fingerprint density at radius 1 is 1.14 bits per heavy atom. The number of benzene rings is 1. The summed E-state index contributed by atoms with van der Waals surface area (Å²) in [5.41, 5.74) is 2.61. The molecule has 1 aromatic carbocycles. The van der Waals surface area contributed by atoms with Crippen LogP contribution >= 0.6 is 43.5 Å². The second-order valence-corrected chi connectivity index (χ2v) is 6.45. The Kier molecular flexibility index (Phi) is 4.24. The predicted octanol–water partition coefficient (Wildman–Crippen LogP) is 5.43. The average Bonchev–Trinajstić information content (AvgIpc) is 2.51. The Morgan fingerprint density at radius 3 is 2.71 bits per heavy atom. The smallest absolute Gasteiger partial charge is 0.163 e. The van der Waals surface area contributed by atoms with Gasteiger partial charge in [0, 0.05) is 21.6 Å². The maximum absolute atomic E-state index is 6.20. The summed E-state index contributed by atoms with van der Waals surface area (Å²) in [5, 5.41) is 1.44. The zero-order valence-corrected chi connectivity index (χ0v) is 15.0. The molecule has 3 aromatic rings. The lowest BCUT2D eigenvalue weighted by Gasteiger charge is -2.09. The lowest BCUT2D eigenvalue weighted by Crippen LogP contribution is -1.98. The summed E-state index contributed by atoms with van der Waals surface area (Å²) in [4.78, 5) is 13.4. The maximum atomic E-state index is 6.20. The number of pyridine rings is 1. The highest BCUT2D eigenvalue weighted by molar-refractivity contribution is 9.11. The summed E-state index contributed by atoms with van der Waals surface area (Å²) in [5.74, 6) is 0.594. The Morgan fingerprint density at radius 2 is 1.95 bits per heavy atom. The van der Waals surface area contributed by atoms with Crippen LogP contribution in [0.4, 0.5) is 0 Å². The number of aryl methyl sites for hydroxylation is 1. The van der Waals surface area contributed by atoms with Crippen molar-refractivity contribution in [3.05, 3.63) is 50.3 Å². The molecule has 6 heteroatoms. The summed E-state index contributed by atoms with van der Waals surface area (Å²) in [6, 6.07) is 7.85. The molecule has 2 heterocycles. The van der Waals surface area contributed by atoms with Crippen LogP contribution in [0.2, 0.25) is 5.15 Å². The monoisotopic (exact) mass is 425 g/mol. The van der Waals surface area contributed by atoms with Crippen molar-refractivity contribution in [3.8, 4) is 11.4 Å². The van der Waals surface area contributed by atoms with E-state index in [4.69, 9.17) is 11.6 Å². The van der Waals surface area contributed by atoms with Crippen molar-refractivity contribution >= 4 is 54.4 Å². The van der Waals surface area contributed by atoms with E-state index in [-0.39, 0.29) is 0 Å². The third-order valence-electron chi connectivity index (χ3n) is 3.17. The summed E-state index contributed by atoms with van der Waals surface area (Å²) in [7, 11) is 0. The topological polar surface area (TPSA) is 38.7 Å². The quantitative estimate of drug-likeness (QED) is 0.512. The zero-order valence-electron chi connectivity index (χ0n) is 11.1. The van der Waals surface area contributed by atoms with Gasteiger partial charge in [0.2, 0.25) is 0 Å². The Bertz CT molecular complexity index is 837. The van der Waals surface area contributed by atoms with E-state index in [1.807, 2.05) is 31.2 Å². The molecule has 0 aliphatic rings. The van der Waals surface area contributed by atoms with E-state index in [1.165, 1.54) is 0 Å². The second kappa shape index (κ2) is 5.99. The second-order valence-electron chi connectivity index (χ2n) is 4.45. The Labute approximate surface area is 144 Å². The van der Waals surface area contributed by atoms with Crippen molar-refractivity contribution in [1.29, 1.82) is 0 Å². The van der Waals surface area contributed by atoms with Crippen LogP contribution in [0, 0.1) is 0 Å². The SMILES string of the molecule is CCc1nc(-c2ccc(Br)c3cccnc23)nc(Cl)c1Br. The van der Waals surface area contributed by atoms with Gasteiger partial charge in [0.15, 0.2) is 5.82 Å². The molecule has 21 heavy (non-hydrogen) atoms. The van der Waals surface area contributed by atoms with Crippen molar-refractivity contribution in [2.45, 2.75) is 13.3 Å². The van der Waals surface area contributed by atoms with Gasteiger partial charge in [-0.25, -0.2) is 9.97 Å². The van der Waals surface area contributed by atoms with Crippen LogP contribution in [0.5, 0.6) is 0 Å². The van der Waals surface area contributed by atoms with Gasteiger partial charge in [0.05, 0.1) is 15.7 Å². The van der Waals surface area contributed by atoms with Crippen molar-refractivity contribution in [2.24, 2.45) is 0 Å². The molecule has 3 nitrogen and oxygen atoms in total. The van der Waals surface area contributed by atoms with E-state index < -0.39 is 0 Å². The standard InChI is InChI=1S/C15H10Br2ClN3/c1-2-11-12(17)14(18)21-15(20-11)9-5-6-10(16)8-4-3-7-19-13(8)9/h3-7H,2H2,1H3.